The highest BCUT2D eigenvalue weighted by Gasteiger charge is 2.28. The quantitative estimate of drug-likeness (QED) is 0.120. The van der Waals surface area contributed by atoms with Crippen molar-refractivity contribution in [2.24, 2.45) is 0 Å². The van der Waals surface area contributed by atoms with Gasteiger partial charge in [0, 0.05) is 5.69 Å². The Morgan fingerprint density at radius 2 is 1.44 bits per heavy atom. The average Bonchev–Trinajstić information content (AvgIpc) is 2.96. The fourth-order valence-electron chi connectivity index (χ4n) is 4.81. The molecule has 1 saturated carbocycles. The molecule has 0 heterocycles. The van der Waals surface area contributed by atoms with Crippen molar-refractivity contribution < 1.29 is 41.0 Å². The van der Waals surface area contributed by atoms with Crippen LogP contribution in [0, 0.1) is 34.9 Å². The maximum atomic E-state index is 14.6. The number of halogens is 6. The van der Waals surface area contributed by atoms with Crippen LogP contribution in [0.2, 0.25) is 0 Å². The lowest BCUT2D eigenvalue weighted by atomic mass is 9.84. The third-order valence-corrected chi connectivity index (χ3v) is 7.95. The minimum absolute atomic E-state index is 0.0171. The average molecular weight is 597 g/mol. The zero-order chi connectivity index (χ0) is 29.8. The molecule has 5 nitrogen and oxygen atoms in total. The fourth-order valence-corrected chi connectivity index (χ4v) is 5.64. The van der Waals surface area contributed by atoms with E-state index < -0.39 is 63.8 Å². The molecule has 0 unspecified atom stereocenters. The molecular formula is C29H26F6N2O3S. The number of aromatic carboxylic acids is 1. The van der Waals surface area contributed by atoms with Gasteiger partial charge >= 0.3 is 5.97 Å². The lowest BCUT2D eigenvalue weighted by molar-refractivity contribution is -0.118. The van der Waals surface area contributed by atoms with Gasteiger partial charge in [-0.25, -0.2) is 35.4 Å². The summed E-state index contributed by atoms with van der Waals surface area (Å²) in [5.41, 5.74) is 1.26. The number of hydrogen-bond acceptors (Lipinski definition) is 4. The SMILES string of the molecule is CN(CC(=O)N(Cc1ccc(C2CCCCC2)cc1)c1ccc(C(=O)O)c(F)c1)Sc1c(F)c(F)c(F)c(F)c1F. The zero-order valence-corrected chi connectivity index (χ0v) is 22.7. The summed E-state index contributed by atoms with van der Waals surface area (Å²) in [5, 5.41) is 9.16. The van der Waals surface area contributed by atoms with Crippen molar-refractivity contribution in [3.63, 3.8) is 0 Å². The molecule has 12 heteroatoms. The summed E-state index contributed by atoms with van der Waals surface area (Å²) in [4.78, 5) is 24.6. The van der Waals surface area contributed by atoms with Crippen molar-refractivity contribution in [3.8, 4) is 0 Å². The molecule has 3 aromatic rings. The van der Waals surface area contributed by atoms with E-state index in [0.29, 0.717) is 11.5 Å². The molecule has 0 bridgehead atoms. The van der Waals surface area contributed by atoms with Crippen LogP contribution >= 0.6 is 11.9 Å². The Kier molecular flexibility index (Phi) is 9.64. The van der Waals surface area contributed by atoms with Crippen molar-refractivity contribution in [3.05, 3.63) is 94.1 Å². The van der Waals surface area contributed by atoms with E-state index in [1.807, 2.05) is 24.3 Å². The summed E-state index contributed by atoms with van der Waals surface area (Å²) in [5.74, 6) is -13.4. The highest BCUT2D eigenvalue weighted by Crippen LogP contribution is 2.34. The standard InChI is InChI=1S/C29H26F6N2O3S/c1-36(41-28-26(34)24(32)23(31)25(33)27(28)35)15-22(38)37(19-11-12-20(29(39)40)21(30)13-19)14-16-7-9-18(10-8-16)17-5-3-2-4-6-17/h7-13,17H,2-6,14-15H2,1H3,(H,39,40). The van der Waals surface area contributed by atoms with Crippen LogP contribution in [-0.4, -0.2) is 34.9 Å². The Labute approximate surface area is 236 Å². The predicted octanol–water partition coefficient (Wildman–Crippen LogP) is 7.44. The van der Waals surface area contributed by atoms with Gasteiger partial charge in [-0.1, -0.05) is 43.5 Å². The topological polar surface area (TPSA) is 60.9 Å². The van der Waals surface area contributed by atoms with Crippen molar-refractivity contribution in [1.29, 1.82) is 0 Å². The Balaban J connectivity index is 1.58. The molecule has 1 amide bonds. The summed E-state index contributed by atoms with van der Waals surface area (Å²) in [6.07, 6.45) is 5.70. The van der Waals surface area contributed by atoms with Gasteiger partial charge in [0.2, 0.25) is 11.7 Å². The molecule has 4 rings (SSSR count). The van der Waals surface area contributed by atoms with Crippen molar-refractivity contribution in [1.82, 2.24) is 4.31 Å². The molecule has 0 spiro atoms. The Morgan fingerprint density at radius 3 is 2.00 bits per heavy atom. The van der Waals surface area contributed by atoms with Gasteiger partial charge < -0.3 is 10.0 Å². The van der Waals surface area contributed by atoms with Gasteiger partial charge in [-0.3, -0.25) is 4.79 Å². The number of carboxylic acid groups (broad SMARTS) is 1. The molecule has 0 radical (unpaired) electrons. The first-order valence-corrected chi connectivity index (χ1v) is 13.6. The second-order valence-corrected chi connectivity index (χ2v) is 11.0. The van der Waals surface area contributed by atoms with Crippen LogP contribution < -0.4 is 4.90 Å². The van der Waals surface area contributed by atoms with E-state index in [4.69, 9.17) is 5.11 Å². The molecule has 1 fully saturated rings. The number of benzene rings is 3. The first-order chi connectivity index (χ1) is 19.5. The van der Waals surface area contributed by atoms with Crippen LogP contribution in [0.5, 0.6) is 0 Å². The molecule has 0 aliphatic heterocycles. The van der Waals surface area contributed by atoms with Gasteiger partial charge in [-0.05, 0) is 67.1 Å². The van der Waals surface area contributed by atoms with E-state index in [0.717, 1.165) is 47.0 Å². The molecule has 3 aromatic carbocycles. The summed E-state index contributed by atoms with van der Waals surface area (Å²) < 4.78 is 84.6. The predicted molar refractivity (Wildman–Crippen MR) is 142 cm³/mol. The summed E-state index contributed by atoms with van der Waals surface area (Å²) in [7, 11) is 1.21. The van der Waals surface area contributed by atoms with Crippen LogP contribution in [0.1, 0.15) is 59.5 Å². The number of anilines is 1. The van der Waals surface area contributed by atoms with E-state index >= 15 is 0 Å². The largest absolute Gasteiger partial charge is 0.478 e. The Morgan fingerprint density at radius 1 is 0.854 bits per heavy atom. The van der Waals surface area contributed by atoms with E-state index in [-0.39, 0.29) is 24.2 Å². The number of hydrogen-bond donors (Lipinski definition) is 1. The van der Waals surface area contributed by atoms with Crippen LogP contribution in [0.4, 0.5) is 32.0 Å². The van der Waals surface area contributed by atoms with E-state index in [1.54, 1.807) is 0 Å². The maximum absolute atomic E-state index is 14.6. The van der Waals surface area contributed by atoms with Crippen LogP contribution in [-0.2, 0) is 11.3 Å². The summed E-state index contributed by atoms with van der Waals surface area (Å²) in [6, 6.07) is 10.7. The van der Waals surface area contributed by atoms with E-state index in [1.165, 1.54) is 25.1 Å². The zero-order valence-electron chi connectivity index (χ0n) is 21.9. The molecule has 218 valence electrons. The normalized spacial score (nSPS) is 14.0. The molecule has 0 aromatic heterocycles. The molecule has 0 saturated heterocycles. The molecule has 1 aliphatic carbocycles. The molecule has 1 aliphatic rings. The van der Waals surface area contributed by atoms with Gasteiger partial charge in [0.05, 0.1) is 18.7 Å². The van der Waals surface area contributed by atoms with Gasteiger partial charge in [-0.2, -0.15) is 0 Å². The summed E-state index contributed by atoms with van der Waals surface area (Å²) in [6.45, 7) is -0.636. The third kappa shape index (κ3) is 6.87. The number of rotatable bonds is 9. The molecule has 1 N–H and O–H groups in total. The van der Waals surface area contributed by atoms with Crippen molar-refractivity contribution in [2.75, 3.05) is 18.5 Å². The van der Waals surface area contributed by atoms with Gasteiger partial charge in [0.15, 0.2) is 23.3 Å². The number of nitrogens with zero attached hydrogens (tertiary/aromatic N) is 2. The molecule has 41 heavy (non-hydrogen) atoms. The van der Waals surface area contributed by atoms with Crippen molar-refractivity contribution >= 4 is 29.5 Å². The highest BCUT2D eigenvalue weighted by atomic mass is 32.2. The highest BCUT2D eigenvalue weighted by molar-refractivity contribution is 7.97. The van der Waals surface area contributed by atoms with Crippen LogP contribution in [0.25, 0.3) is 0 Å². The number of carboxylic acids is 1. The Hall–Kier alpha value is -3.51. The first kappa shape index (κ1) is 30.4. The lowest BCUT2D eigenvalue weighted by Gasteiger charge is -2.26. The maximum Gasteiger partial charge on any atom is 0.338 e. The summed E-state index contributed by atoms with van der Waals surface area (Å²) >= 11 is 0.146. The van der Waals surface area contributed by atoms with Gasteiger partial charge in [0.25, 0.3) is 0 Å². The fraction of sp³-hybridized carbons (Fsp3) is 0.310. The molecule has 0 atom stereocenters. The number of carbonyl (C=O) groups is 2. The lowest BCUT2D eigenvalue weighted by Crippen LogP contribution is -2.37. The Bertz CT molecular complexity index is 1420. The number of likely N-dealkylation sites (N-methyl/N-ethyl adjacent to an activating group) is 1. The number of amides is 1. The third-order valence-electron chi connectivity index (χ3n) is 6.97. The minimum Gasteiger partial charge on any atom is -0.478 e. The van der Waals surface area contributed by atoms with E-state index in [2.05, 4.69) is 0 Å². The van der Waals surface area contributed by atoms with Gasteiger partial charge in [-0.15, -0.1) is 0 Å². The molecular weight excluding hydrogens is 570 g/mol. The second-order valence-electron chi connectivity index (χ2n) is 9.80. The second kappa shape index (κ2) is 13.0. The van der Waals surface area contributed by atoms with Crippen LogP contribution in [0.15, 0.2) is 47.4 Å². The minimum atomic E-state index is -2.30. The van der Waals surface area contributed by atoms with Crippen molar-refractivity contribution in [2.45, 2.75) is 49.5 Å². The number of carbonyl (C=O) groups excluding carboxylic acids is 1. The smallest absolute Gasteiger partial charge is 0.338 e. The monoisotopic (exact) mass is 596 g/mol. The van der Waals surface area contributed by atoms with Crippen LogP contribution in [0.3, 0.4) is 0 Å². The first-order valence-electron chi connectivity index (χ1n) is 12.8. The van der Waals surface area contributed by atoms with Gasteiger partial charge in [0.1, 0.15) is 10.7 Å². The van der Waals surface area contributed by atoms with E-state index in [9.17, 15) is 35.9 Å².